The van der Waals surface area contributed by atoms with Crippen molar-refractivity contribution in [1.29, 1.82) is 0 Å². The van der Waals surface area contributed by atoms with Crippen LogP contribution in [0.4, 0.5) is 15.8 Å². The Morgan fingerprint density at radius 1 is 1.27 bits per heavy atom. The molecular formula is C22H21FN4O3. The van der Waals surface area contributed by atoms with Gasteiger partial charge in [-0.3, -0.25) is 9.59 Å². The third kappa shape index (κ3) is 3.94. The highest BCUT2D eigenvalue weighted by Crippen LogP contribution is 2.33. The molecule has 2 aromatic heterocycles. The largest absolute Gasteiger partial charge is 0.480 e. The molecule has 30 heavy (non-hydrogen) atoms. The van der Waals surface area contributed by atoms with Gasteiger partial charge in [0, 0.05) is 18.3 Å². The number of hydrogen-bond acceptors (Lipinski definition) is 6. The van der Waals surface area contributed by atoms with E-state index in [1.54, 1.807) is 30.5 Å². The molecule has 0 unspecified atom stereocenters. The summed E-state index contributed by atoms with van der Waals surface area (Å²) in [5, 5.41) is 7.53. The number of hydrogen-bond donors (Lipinski definition) is 1. The first-order chi connectivity index (χ1) is 14.5. The van der Waals surface area contributed by atoms with E-state index >= 15 is 0 Å². The Balaban J connectivity index is 1.93. The number of methoxy groups -OCH3 is 1. The molecule has 0 amide bonds. The van der Waals surface area contributed by atoms with Crippen LogP contribution in [0.2, 0.25) is 0 Å². The van der Waals surface area contributed by atoms with Crippen molar-refractivity contribution in [3.05, 3.63) is 64.3 Å². The highest BCUT2D eigenvalue weighted by Gasteiger charge is 2.27. The first kappa shape index (κ1) is 19.8. The maximum Gasteiger partial charge on any atom is 0.291 e. The Labute approximate surface area is 172 Å². The summed E-state index contributed by atoms with van der Waals surface area (Å²) >= 11 is 0. The number of aromatic nitrogens is 3. The zero-order valence-electron chi connectivity index (χ0n) is 16.7. The van der Waals surface area contributed by atoms with E-state index in [9.17, 15) is 14.0 Å². The SMILES string of the molecule is COc1ncccc1Nc1c(C(C)=O)c(-c2ccc(F)cc2)nn(CC2CC2)c1=O. The van der Waals surface area contributed by atoms with Crippen molar-refractivity contribution in [2.75, 3.05) is 12.4 Å². The molecule has 1 aliphatic carbocycles. The van der Waals surface area contributed by atoms with Crippen LogP contribution >= 0.6 is 0 Å². The zero-order chi connectivity index (χ0) is 21.3. The molecule has 1 saturated carbocycles. The van der Waals surface area contributed by atoms with Crippen LogP contribution in [-0.4, -0.2) is 27.7 Å². The quantitative estimate of drug-likeness (QED) is 0.599. The van der Waals surface area contributed by atoms with Gasteiger partial charge in [0.25, 0.3) is 5.56 Å². The molecule has 3 aromatic rings. The topological polar surface area (TPSA) is 86.1 Å². The highest BCUT2D eigenvalue weighted by atomic mass is 19.1. The van der Waals surface area contributed by atoms with Crippen molar-refractivity contribution in [3.63, 3.8) is 0 Å². The minimum Gasteiger partial charge on any atom is -0.480 e. The molecule has 0 aliphatic heterocycles. The number of benzene rings is 1. The van der Waals surface area contributed by atoms with E-state index in [2.05, 4.69) is 15.4 Å². The van der Waals surface area contributed by atoms with Crippen LogP contribution in [0.1, 0.15) is 30.1 Å². The number of anilines is 2. The average Bonchev–Trinajstić information content (AvgIpc) is 3.55. The molecule has 1 aromatic carbocycles. The molecule has 0 bridgehead atoms. The Kier molecular flexibility index (Phi) is 5.31. The number of rotatable bonds is 7. The predicted molar refractivity (Wildman–Crippen MR) is 111 cm³/mol. The van der Waals surface area contributed by atoms with E-state index in [0.717, 1.165) is 12.8 Å². The van der Waals surface area contributed by atoms with Gasteiger partial charge >= 0.3 is 0 Å². The van der Waals surface area contributed by atoms with E-state index in [1.165, 1.54) is 30.8 Å². The number of carbonyl (C=O) groups is 1. The molecule has 4 rings (SSSR count). The maximum atomic E-state index is 13.5. The number of ether oxygens (including phenoxy) is 1. The number of halogens is 1. The maximum absolute atomic E-state index is 13.5. The van der Waals surface area contributed by atoms with Crippen molar-refractivity contribution >= 4 is 17.2 Å². The van der Waals surface area contributed by atoms with E-state index in [4.69, 9.17) is 4.74 Å². The van der Waals surface area contributed by atoms with Crippen molar-refractivity contribution < 1.29 is 13.9 Å². The molecule has 154 valence electrons. The van der Waals surface area contributed by atoms with Crippen LogP contribution in [0.3, 0.4) is 0 Å². The lowest BCUT2D eigenvalue weighted by Gasteiger charge is -2.17. The Morgan fingerprint density at radius 2 is 2.00 bits per heavy atom. The third-order valence-electron chi connectivity index (χ3n) is 4.98. The molecule has 2 heterocycles. The van der Waals surface area contributed by atoms with Gasteiger partial charge in [0.2, 0.25) is 5.88 Å². The fraction of sp³-hybridized carbons (Fsp3) is 0.273. The molecule has 0 spiro atoms. The number of ketones is 1. The molecule has 1 fully saturated rings. The summed E-state index contributed by atoms with van der Waals surface area (Å²) < 4.78 is 20.1. The molecule has 1 aliphatic rings. The molecule has 1 N–H and O–H groups in total. The summed E-state index contributed by atoms with van der Waals surface area (Å²) in [5.41, 5.74) is 1.17. The first-order valence-corrected chi connectivity index (χ1v) is 9.66. The zero-order valence-corrected chi connectivity index (χ0v) is 16.7. The molecular weight excluding hydrogens is 387 g/mol. The minimum atomic E-state index is -0.399. The molecule has 7 nitrogen and oxygen atoms in total. The van der Waals surface area contributed by atoms with Crippen molar-refractivity contribution in [2.45, 2.75) is 26.3 Å². The standard InChI is InChI=1S/C22H21FN4O3/c1-13(28)18-19(15-7-9-16(23)10-8-15)26-27(12-14-5-6-14)22(29)20(18)25-17-4-3-11-24-21(17)30-2/h3-4,7-11,14,25H,5-6,12H2,1-2H3. The van der Waals surface area contributed by atoms with Gasteiger partial charge in [0.1, 0.15) is 22.9 Å². The van der Waals surface area contributed by atoms with Crippen LogP contribution in [0.25, 0.3) is 11.3 Å². The second-order valence-electron chi connectivity index (χ2n) is 7.28. The normalized spacial score (nSPS) is 13.2. The number of nitrogens with zero attached hydrogens (tertiary/aromatic N) is 3. The number of nitrogens with one attached hydrogen (secondary N) is 1. The van der Waals surface area contributed by atoms with Crippen LogP contribution in [0, 0.1) is 11.7 Å². The van der Waals surface area contributed by atoms with Gasteiger partial charge < -0.3 is 10.1 Å². The minimum absolute atomic E-state index is 0.101. The fourth-order valence-electron chi connectivity index (χ4n) is 3.29. The fourth-order valence-corrected chi connectivity index (χ4v) is 3.29. The monoisotopic (exact) mass is 408 g/mol. The van der Waals surface area contributed by atoms with Crippen LogP contribution < -0.4 is 15.6 Å². The van der Waals surface area contributed by atoms with Crippen molar-refractivity contribution in [1.82, 2.24) is 14.8 Å². The number of carbonyl (C=O) groups excluding carboxylic acids is 1. The summed E-state index contributed by atoms with van der Waals surface area (Å²) in [6, 6.07) is 9.10. The van der Waals surface area contributed by atoms with Crippen molar-refractivity contribution in [3.8, 4) is 17.1 Å². The molecule has 8 heteroatoms. The summed E-state index contributed by atoms with van der Waals surface area (Å²) in [7, 11) is 1.47. The van der Waals surface area contributed by atoms with Gasteiger partial charge in [-0.2, -0.15) is 5.10 Å². The summed E-state index contributed by atoms with van der Waals surface area (Å²) in [4.78, 5) is 30.0. The van der Waals surface area contributed by atoms with Gasteiger partial charge in [0.05, 0.1) is 12.7 Å². The van der Waals surface area contributed by atoms with Gasteiger partial charge in [-0.1, -0.05) is 0 Å². The Morgan fingerprint density at radius 3 is 2.63 bits per heavy atom. The number of pyridine rings is 1. The summed E-state index contributed by atoms with van der Waals surface area (Å²) in [6.07, 6.45) is 3.64. The second-order valence-corrected chi connectivity index (χ2v) is 7.28. The lowest BCUT2D eigenvalue weighted by atomic mass is 10.0. The lowest BCUT2D eigenvalue weighted by Crippen LogP contribution is -2.29. The second kappa shape index (κ2) is 8.06. The Bertz CT molecular complexity index is 1150. The van der Waals surface area contributed by atoms with Gasteiger partial charge in [0.15, 0.2) is 5.78 Å². The molecule has 0 saturated heterocycles. The van der Waals surface area contributed by atoms with E-state index in [0.29, 0.717) is 35.3 Å². The van der Waals surface area contributed by atoms with Crippen LogP contribution in [-0.2, 0) is 6.54 Å². The lowest BCUT2D eigenvalue weighted by molar-refractivity contribution is 0.101. The molecule has 0 radical (unpaired) electrons. The van der Waals surface area contributed by atoms with Gasteiger partial charge in [-0.25, -0.2) is 14.1 Å². The number of Topliss-reactive ketones (excluding diaryl/α,β-unsaturated/α-hetero) is 1. The van der Waals surface area contributed by atoms with E-state index < -0.39 is 11.4 Å². The first-order valence-electron chi connectivity index (χ1n) is 9.66. The van der Waals surface area contributed by atoms with Crippen LogP contribution in [0.15, 0.2) is 47.4 Å². The average molecular weight is 408 g/mol. The smallest absolute Gasteiger partial charge is 0.291 e. The van der Waals surface area contributed by atoms with Crippen molar-refractivity contribution in [2.24, 2.45) is 5.92 Å². The van der Waals surface area contributed by atoms with Gasteiger partial charge in [-0.15, -0.1) is 0 Å². The predicted octanol–water partition coefficient (Wildman–Crippen LogP) is 3.81. The van der Waals surface area contributed by atoms with E-state index in [-0.39, 0.29) is 17.0 Å². The Hall–Kier alpha value is -3.55. The van der Waals surface area contributed by atoms with Gasteiger partial charge in [-0.05, 0) is 62.1 Å². The summed E-state index contributed by atoms with van der Waals surface area (Å²) in [5.74, 6) is -0.0451. The van der Waals surface area contributed by atoms with E-state index in [1.807, 2.05) is 0 Å². The highest BCUT2D eigenvalue weighted by molar-refractivity contribution is 6.05. The third-order valence-corrected chi connectivity index (χ3v) is 4.98. The molecule has 0 atom stereocenters. The summed E-state index contributed by atoms with van der Waals surface area (Å²) in [6.45, 7) is 1.84. The van der Waals surface area contributed by atoms with Crippen LogP contribution in [0.5, 0.6) is 5.88 Å².